The molecule has 1 saturated heterocycles. The van der Waals surface area contributed by atoms with Gasteiger partial charge in [0.2, 0.25) is 5.60 Å². The Balaban J connectivity index is 1.65. The zero-order chi connectivity index (χ0) is 19.7. The lowest BCUT2D eigenvalue weighted by Crippen LogP contribution is -2.57. The number of carbonyl (C=O) groups is 1. The molecular weight excluding hydrogens is 359 g/mol. The molecule has 1 aliphatic rings. The van der Waals surface area contributed by atoms with Gasteiger partial charge in [-0.25, -0.2) is 0 Å². The van der Waals surface area contributed by atoms with Crippen LogP contribution in [0.1, 0.15) is 36.9 Å². The molecule has 3 rings (SSSR count). The van der Waals surface area contributed by atoms with Crippen molar-refractivity contribution in [3.63, 3.8) is 0 Å². The molecule has 0 saturated carbocycles. The van der Waals surface area contributed by atoms with Crippen molar-refractivity contribution in [3.05, 3.63) is 53.9 Å². The number of benzene rings is 1. The van der Waals surface area contributed by atoms with Crippen LogP contribution in [0.5, 0.6) is 0 Å². The highest BCUT2D eigenvalue weighted by molar-refractivity contribution is 5.85. The lowest BCUT2D eigenvalue weighted by molar-refractivity contribution is -0.250. The van der Waals surface area contributed by atoms with Gasteiger partial charge >= 0.3 is 6.18 Å². The fourth-order valence-corrected chi connectivity index (χ4v) is 3.39. The Labute approximate surface area is 155 Å². The Kier molecular flexibility index (Phi) is 5.28. The number of hydrogen-bond acceptors (Lipinski definition) is 3. The van der Waals surface area contributed by atoms with Crippen LogP contribution in [-0.2, 0) is 11.3 Å². The average Bonchev–Trinajstić information content (AvgIpc) is 3.09. The summed E-state index contributed by atoms with van der Waals surface area (Å²) in [5.41, 5.74) is -1.24. The van der Waals surface area contributed by atoms with Crippen molar-refractivity contribution >= 4 is 5.91 Å². The molecule has 8 heteroatoms. The zero-order valence-corrected chi connectivity index (χ0v) is 15.0. The van der Waals surface area contributed by atoms with Crippen molar-refractivity contribution in [3.8, 4) is 0 Å². The second kappa shape index (κ2) is 7.34. The van der Waals surface area contributed by atoms with Gasteiger partial charge in [0.05, 0.1) is 6.54 Å². The van der Waals surface area contributed by atoms with E-state index in [1.165, 1.54) is 0 Å². The maximum Gasteiger partial charge on any atom is 0.426 e. The van der Waals surface area contributed by atoms with E-state index in [0.717, 1.165) is 16.2 Å². The molecular formula is C19H22F3N3O2. The van der Waals surface area contributed by atoms with Crippen molar-refractivity contribution < 1.29 is 23.1 Å². The van der Waals surface area contributed by atoms with E-state index in [2.05, 4.69) is 5.10 Å². The predicted octanol–water partition coefficient (Wildman–Crippen LogP) is 2.95. The lowest BCUT2D eigenvalue weighted by atomic mass is 9.92. The Morgan fingerprint density at radius 2 is 1.81 bits per heavy atom. The first-order chi connectivity index (χ1) is 12.7. The van der Waals surface area contributed by atoms with E-state index in [1.54, 1.807) is 6.20 Å². The lowest BCUT2D eigenvalue weighted by Gasteiger charge is -2.36. The monoisotopic (exact) mass is 381 g/mol. The number of alkyl halides is 3. The van der Waals surface area contributed by atoms with Gasteiger partial charge in [0.1, 0.15) is 0 Å². The topological polar surface area (TPSA) is 58.4 Å². The standard InChI is InChI=1S/C19H22F3N3O2/c1-18(27,19(20,21)22)17(26)24-11-8-15(9-12-24)16-7-10-23-25(16)13-14-5-3-2-4-6-14/h2-7,10,15,27H,8-9,11-13H2,1H3/t18-/m1/s1. The van der Waals surface area contributed by atoms with Gasteiger partial charge in [-0.15, -0.1) is 0 Å². The van der Waals surface area contributed by atoms with Gasteiger partial charge in [-0.05, 0) is 31.4 Å². The van der Waals surface area contributed by atoms with Crippen molar-refractivity contribution in [1.82, 2.24) is 14.7 Å². The summed E-state index contributed by atoms with van der Waals surface area (Å²) in [6.45, 7) is 1.47. The molecule has 0 spiro atoms. The minimum Gasteiger partial charge on any atom is -0.373 e. The molecule has 0 bridgehead atoms. The van der Waals surface area contributed by atoms with Crippen LogP contribution in [0.25, 0.3) is 0 Å². The molecule has 1 atom stereocenters. The van der Waals surface area contributed by atoms with Crippen LogP contribution in [0, 0.1) is 0 Å². The van der Waals surface area contributed by atoms with Crippen molar-refractivity contribution in [2.75, 3.05) is 13.1 Å². The van der Waals surface area contributed by atoms with E-state index in [-0.39, 0.29) is 19.0 Å². The van der Waals surface area contributed by atoms with E-state index in [0.29, 0.717) is 26.3 Å². The molecule has 2 heterocycles. The number of nitrogens with zero attached hydrogens (tertiary/aromatic N) is 3. The number of aliphatic hydroxyl groups is 1. The van der Waals surface area contributed by atoms with Crippen LogP contribution in [0.3, 0.4) is 0 Å². The Morgan fingerprint density at radius 3 is 2.41 bits per heavy atom. The summed E-state index contributed by atoms with van der Waals surface area (Å²) in [6.07, 6.45) is -2.22. The molecule has 0 aliphatic carbocycles. The maximum absolute atomic E-state index is 12.9. The number of likely N-dealkylation sites (tertiary alicyclic amines) is 1. The summed E-state index contributed by atoms with van der Waals surface area (Å²) in [6, 6.07) is 11.8. The molecule has 0 unspecified atom stereocenters. The first kappa shape index (κ1) is 19.4. The number of amides is 1. The molecule has 5 nitrogen and oxygen atoms in total. The number of carbonyl (C=O) groups excluding carboxylic acids is 1. The van der Waals surface area contributed by atoms with Crippen LogP contribution in [-0.4, -0.2) is 50.6 Å². The molecule has 1 amide bonds. The maximum atomic E-state index is 12.9. The van der Waals surface area contributed by atoms with Crippen molar-refractivity contribution in [2.24, 2.45) is 0 Å². The third-order valence-corrected chi connectivity index (χ3v) is 5.09. The second-order valence-corrected chi connectivity index (χ2v) is 7.04. The summed E-state index contributed by atoms with van der Waals surface area (Å²) < 4.78 is 40.6. The highest BCUT2D eigenvalue weighted by atomic mass is 19.4. The van der Waals surface area contributed by atoms with Gasteiger partial charge in [-0.2, -0.15) is 18.3 Å². The largest absolute Gasteiger partial charge is 0.426 e. The Bertz CT molecular complexity index is 779. The van der Waals surface area contributed by atoms with Gasteiger partial charge in [-0.3, -0.25) is 9.48 Å². The van der Waals surface area contributed by atoms with Gasteiger partial charge in [-0.1, -0.05) is 30.3 Å². The molecule has 2 aromatic rings. The van der Waals surface area contributed by atoms with Gasteiger partial charge in [0, 0.05) is 30.9 Å². The third kappa shape index (κ3) is 4.00. The summed E-state index contributed by atoms with van der Waals surface area (Å²) >= 11 is 0. The first-order valence-electron chi connectivity index (χ1n) is 8.84. The molecule has 1 fully saturated rings. The summed E-state index contributed by atoms with van der Waals surface area (Å²) in [4.78, 5) is 13.2. The SMILES string of the molecule is C[C@@](O)(C(=O)N1CCC(c2ccnn2Cc2ccccc2)CC1)C(F)(F)F. The fraction of sp³-hybridized carbons (Fsp3) is 0.474. The summed E-state index contributed by atoms with van der Waals surface area (Å²) in [7, 11) is 0. The molecule has 146 valence electrons. The first-order valence-corrected chi connectivity index (χ1v) is 8.84. The summed E-state index contributed by atoms with van der Waals surface area (Å²) in [5.74, 6) is -1.18. The van der Waals surface area contributed by atoms with E-state index in [1.807, 2.05) is 41.1 Å². The van der Waals surface area contributed by atoms with Gasteiger partial charge in [0.15, 0.2) is 0 Å². The predicted molar refractivity (Wildman–Crippen MR) is 93.0 cm³/mol. The minimum absolute atomic E-state index is 0.107. The number of hydrogen-bond donors (Lipinski definition) is 1. The van der Waals surface area contributed by atoms with Crippen LogP contribution in [0.4, 0.5) is 13.2 Å². The molecule has 1 aromatic heterocycles. The van der Waals surface area contributed by atoms with Gasteiger partial charge in [0.25, 0.3) is 5.91 Å². The van der Waals surface area contributed by atoms with Crippen LogP contribution < -0.4 is 0 Å². The molecule has 1 aliphatic heterocycles. The minimum atomic E-state index is -4.99. The Hall–Kier alpha value is -2.35. The number of aromatic nitrogens is 2. The highest BCUT2D eigenvalue weighted by Crippen LogP contribution is 2.34. The van der Waals surface area contributed by atoms with Crippen molar-refractivity contribution in [1.29, 1.82) is 0 Å². The smallest absolute Gasteiger partial charge is 0.373 e. The average molecular weight is 381 g/mol. The number of rotatable bonds is 4. The number of piperidine rings is 1. The van der Waals surface area contributed by atoms with Crippen LogP contribution >= 0.6 is 0 Å². The van der Waals surface area contributed by atoms with Crippen LogP contribution in [0.2, 0.25) is 0 Å². The van der Waals surface area contributed by atoms with E-state index >= 15 is 0 Å². The molecule has 0 radical (unpaired) electrons. The fourth-order valence-electron chi connectivity index (χ4n) is 3.39. The van der Waals surface area contributed by atoms with E-state index in [9.17, 15) is 23.1 Å². The third-order valence-electron chi connectivity index (χ3n) is 5.09. The highest BCUT2D eigenvalue weighted by Gasteiger charge is 2.57. The number of halogens is 3. The van der Waals surface area contributed by atoms with E-state index in [4.69, 9.17) is 0 Å². The second-order valence-electron chi connectivity index (χ2n) is 7.04. The summed E-state index contributed by atoms with van der Waals surface area (Å²) in [5, 5.41) is 14.0. The molecule has 27 heavy (non-hydrogen) atoms. The molecule has 1 N–H and O–H groups in total. The molecule has 1 aromatic carbocycles. The van der Waals surface area contributed by atoms with Gasteiger partial charge < -0.3 is 10.0 Å². The van der Waals surface area contributed by atoms with Crippen molar-refractivity contribution in [2.45, 2.75) is 44.0 Å². The Morgan fingerprint density at radius 1 is 1.19 bits per heavy atom. The quantitative estimate of drug-likeness (QED) is 0.886. The van der Waals surface area contributed by atoms with Crippen LogP contribution in [0.15, 0.2) is 42.6 Å². The zero-order valence-electron chi connectivity index (χ0n) is 15.0. The van der Waals surface area contributed by atoms with E-state index < -0.39 is 17.7 Å². The normalized spacial score (nSPS) is 18.3.